The Morgan fingerprint density at radius 2 is 2.47 bits per heavy atom. The van der Waals surface area contributed by atoms with Gasteiger partial charge in [0.1, 0.15) is 0 Å². The molecule has 2 heterocycles. The largest absolute Gasteiger partial charge is 0.376 e. The Morgan fingerprint density at radius 3 is 3.13 bits per heavy atom. The van der Waals surface area contributed by atoms with Crippen molar-refractivity contribution in [2.24, 2.45) is 11.7 Å². The third-order valence-corrected chi connectivity index (χ3v) is 4.25. The average Bonchev–Trinajstić information content (AvgIpc) is 2.79. The third-order valence-electron chi connectivity index (χ3n) is 3.47. The summed E-state index contributed by atoms with van der Waals surface area (Å²) in [4.78, 5) is 5.39. The molecule has 2 atom stereocenters. The van der Waals surface area contributed by atoms with Crippen LogP contribution in [0.25, 0.3) is 0 Å². The summed E-state index contributed by atoms with van der Waals surface area (Å²) in [6, 6.07) is 0. The predicted molar refractivity (Wildman–Crippen MR) is 59.8 cm³/mol. The van der Waals surface area contributed by atoms with Crippen molar-refractivity contribution in [2.75, 3.05) is 6.61 Å². The summed E-state index contributed by atoms with van der Waals surface area (Å²) < 4.78 is 5.80. The van der Waals surface area contributed by atoms with Crippen LogP contribution >= 0.6 is 11.3 Å². The highest BCUT2D eigenvalue weighted by atomic mass is 32.1. The van der Waals surface area contributed by atoms with Crippen molar-refractivity contribution in [3.05, 3.63) is 16.6 Å². The number of nitrogens with zero attached hydrogens (tertiary/aromatic N) is 1. The first-order valence-corrected chi connectivity index (χ1v) is 6.44. The minimum atomic E-state index is -0.131. The molecule has 2 N–H and O–H groups in total. The van der Waals surface area contributed by atoms with Gasteiger partial charge in [-0.25, -0.2) is 0 Å². The summed E-state index contributed by atoms with van der Waals surface area (Å²) in [6.45, 7) is 0.830. The van der Waals surface area contributed by atoms with Gasteiger partial charge in [-0.05, 0) is 25.2 Å². The van der Waals surface area contributed by atoms with E-state index >= 15 is 0 Å². The van der Waals surface area contributed by atoms with Gasteiger partial charge in [-0.1, -0.05) is 0 Å². The maximum absolute atomic E-state index is 6.49. The molecule has 0 aromatic carbocycles. The summed E-state index contributed by atoms with van der Waals surface area (Å²) >= 11 is 1.70. The van der Waals surface area contributed by atoms with E-state index in [-0.39, 0.29) is 5.54 Å². The van der Waals surface area contributed by atoms with Gasteiger partial charge in [0.15, 0.2) is 0 Å². The van der Waals surface area contributed by atoms with E-state index in [4.69, 9.17) is 10.5 Å². The number of ether oxygens (including phenoxy) is 1. The first kappa shape index (κ1) is 9.75. The molecule has 4 heteroatoms. The quantitative estimate of drug-likeness (QED) is 0.848. The Bertz CT molecular complexity index is 336. The van der Waals surface area contributed by atoms with E-state index in [2.05, 4.69) is 4.98 Å². The van der Waals surface area contributed by atoms with Crippen LogP contribution in [0.1, 0.15) is 24.1 Å². The lowest BCUT2D eigenvalue weighted by atomic mass is 9.86. The first-order valence-electron chi connectivity index (χ1n) is 5.56. The molecule has 1 aliphatic heterocycles. The zero-order valence-corrected chi connectivity index (χ0v) is 9.50. The first-order chi connectivity index (χ1) is 7.28. The molecule has 3 rings (SSSR count). The number of aromatic nitrogens is 1. The Morgan fingerprint density at radius 1 is 1.60 bits per heavy atom. The minimum absolute atomic E-state index is 0.131. The van der Waals surface area contributed by atoms with E-state index < -0.39 is 0 Å². The molecule has 0 spiro atoms. The van der Waals surface area contributed by atoms with Crippen molar-refractivity contribution in [3.8, 4) is 0 Å². The van der Waals surface area contributed by atoms with Gasteiger partial charge in [-0.15, -0.1) is 11.3 Å². The highest BCUT2D eigenvalue weighted by molar-refractivity contribution is 7.09. The Hall–Kier alpha value is -0.450. The fraction of sp³-hybridized carbons (Fsp3) is 0.727. The van der Waals surface area contributed by atoms with Crippen LogP contribution in [0, 0.1) is 5.92 Å². The summed E-state index contributed by atoms with van der Waals surface area (Å²) in [5.74, 6) is 0.727. The third kappa shape index (κ3) is 1.82. The summed E-state index contributed by atoms with van der Waals surface area (Å²) in [5.41, 5.74) is 8.23. The molecular formula is C11H16N2OS. The molecule has 2 aliphatic rings. The van der Waals surface area contributed by atoms with Crippen molar-refractivity contribution in [1.29, 1.82) is 0 Å². The standard InChI is InChI=1S/C11H16N2OS/c12-11(5-9-6-13-7-15-9)3-4-14-10(11)8-1-2-8/h6-8,10H,1-5,12H2. The van der Waals surface area contributed by atoms with Crippen LogP contribution in [-0.2, 0) is 11.2 Å². The normalized spacial score (nSPS) is 35.9. The molecule has 1 aromatic rings. The smallest absolute Gasteiger partial charge is 0.0794 e. The second kappa shape index (κ2) is 3.54. The van der Waals surface area contributed by atoms with Crippen molar-refractivity contribution in [3.63, 3.8) is 0 Å². The van der Waals surface area contributed by atoms with Gasteiger partial charge in [-0.2, -0.15) is 0 Å². The molecule has 3 nitrogen and oxygen atoms in total. The molecule has 0 bridgehead atoms. The highest BCUT2D eigenvalue weighted by Crippen LogP contribution is 2.43. The SMILES string of the molecule is NC1(Cc2cncs2)CCOC1C1CC1. The Labute approximate surface area is 93.7 Å². The highest BCUT2D eigenvalue weighted by Gasteiger charge is 2.48. The Kier molecular flexibility index (Phi) is 2.30. The van der Waals surface area contributed by atoms with E-state index in [0.717, 1.165) is 25.4 Å². The number of hydrogen-bond donors (Lipinski definition) is 1. The summed E-state index contributed by atoms with van der Waals surface area (Å²) in [5, 5.41) is 0. The molecular weight excluding hydrogens is 208 g/mol. The van der Waals surface area contributed by atoms with E-state index in [9.17, 15) is 0 Å². The monoisotopic (exact) mass is 224 g/mol. The molecule has 2 unspecified atom stereocenters. The van der Waals surface area contributed by atoms with Gasteiger partial charge in [-0.3, -0.25) is 4.98 Å². The number of hydrogen-bond acceptors (Lipinski definition) is 4. The van der Waals surface area contributed by atoms with Gasteiger partial charge in [0, 0.05) is 29.6 Å². The van der Waals surface area contributed by atoms with Crippen LogP contribution < -0.4 is 5.73 Å². The maximum atomic E-state index is 6.49. The van der Waals surface area contributed by atoms with Gasteiger partial charge in [0.25, 0.3) is 0 Å². The van der Waals surface area contributed by atoms with Crippen molar-refractivity contribution < 1.29 is 4.74 Å². The van der Waals surface area contributed by atoms with Crippen molar-refractivity contribution in [1.82, 2.24) is 4.98 Å². The van der Waals surface area contributed by atoms with Crippen LogP contribution in [-0.4, -0.2) is 23.2 Å². The molecule has 1 aromatic heterocycles. The van der Waals surface area contributed by atoms with E-state index in [1.807, 2.05) is 11.7 Å². The summed E-state index contributed by atoms with van der Waals surface area (Å²) in [6.07, 6.45) is 6.74. The zero-order valence-electron chi connectivity index (χ0n) is 8.69. The molecule has 82 valence electrons. The molecule has 2 fully saturated rings. The predicted octanol–water partition coefficient (Wildman–Crippen LogP) is 1.58. The summed E-state index contributed by atoms with van der Waals surface area (Å²) in [7, 11) is 0. The van der Waals surface area contributed by atoms with E-state index in [0.29, 0.717) is 6.10 Å². The molecule has 1 saturated carbocycles. The lowest BCUT2D eigenvalue weighted by molar-refractivity contribution is 0.0629. The lowest BCUT2D eigenvalue weighted by Crippen LogP contribution is -2.50. The van der Waals surface area contributed by atoms with E-state index in [1.165, 1.54) is 17.7 Å². The number of nitrogens with two attached hydrogens (primary N) is 1. The van der Waals surface area contributed by atoms with Gasteiger partial charge >= 0.3 is 0 Å². The second-order valence-electron chi connectivity index (χ2n) is 4.76. The minimum Gasteiger partial charge on any atom is -0.376 e. The van der Waals surface area contributed by atoms with Crippen LogP contribution in [0.4, 0.5) is 0 Å². The van der Waals surface area contributed by atoms with Crippen LogP contribution in [0.5, 0.6) is 0 Å². The van der Waals surface area contributed by atoms with Crippen molar-refractivity contribution >= 4 is 11.3 Å². The van der Waals surface area contributed by atoms with Gasteiger partial charge in [0.2, 0.25) is 0 Å². The van der Waals surface area contributed by atoms with Crippen LogP contribution in [0.2, 0.25) is 0 Å². The molecule has 1 aliphatic carbocycles. The molecule has 1 saturated heterocycles. The number of thiazole rings is 1. The molecule has 15 heavy (non-hydrogen) atoms. The fourth-order valence-corrected chi connectivity index (χ4v) is 3.26. The van der Waals surface area contributed by atoms with Crippen LogP contribution in [0.15, 0.2) is 11.7 Å². The average molecular weight is 224 g/mol. The van der Waals surface area contributed by atoms with Crippen molar-refractivity contribution in [2.45, 2.75) is 37.3 Å². The number of rotatable bonds is 3. The van der Waals surface area contributed by atoms with E-state index in [1.54, 1.807) is 11.3 Å². The topological polar surface area (TPSA) is 48.1 Å². The second-order valence-corrected chi connectivity index (χ2v) is 5.73. The molecule has 0 amide bonds. The Balaban J connectivity index is 1.76. The maximum Gasteiger partial charge on any atom is 0.0794 e. The zero-order chi connectivity index (χ0) is 10.3. The molecule has 0 radical (unpaired) electrons. The lowest BCUT2D eigenvalue weighted by Gasteiger charge is -2.29. The fourth-order valence-electron chi connectivity index (χ4n) is 2.53. The van der Waals surface area contributed by atoms with Crippen LogP contribution in [0.3, 0.4) is 0 Å². The van der Waals surface area contributed by atoms with Gasteiger partial charge < -0.3 is 10.5 Å². The van der Waals surface area contributed by atoms with Gasteiger partial charge in [0.05, 0.1) is 11.6 Å².